The zero-order valence-electron chi connectivity index (χ0n) is 13.5. The van der Waals surface area contributed by atoms with E-state index in [2.05, 4.69) is 9.97 Å². The molecule has 0 bridgehead atoms. The highest BCUT2D eigenvalue weighted by molar-refractivity contribution is 6.01. The first-order chi connectivity index (χ1) is 11.9. The second kappa shape index (κ2) is 7.88. The van der Waals surface area contributed by atoms with Crippen LogP contribution in [0.4, 0.5) is 0 Å². The molecule has 0 atom stereocenters. The molecule has 3 N–H and O–H groups in total. The van der Waals surface area contributed by atoms with Gasteiger partial charge in [-0.05, 0) is 19.1 Å². The Morgan fingerprint density at radius 1 is 1.36 bits per heavy atom. The number of H-pyrrole nitrogens is 1. The number of nitrogens with one attached hydrogen (secondary N) is 1. The molecular formula is C17H16N4O4. The van der Waals surface area contributed by atoms with Crippen molar-refractivity contribution in [2.24, 2.45) is 5.73 Å². The Labute approximate surface area is 142 Å². The number of allylic oxidation sites excluding steroid dienone is 1. The third-order valence-electron chi connectivity index (χ3n) is 3.38. The molecule has 0 saturated carbocycles. The Hall–Kier alpha value is -3.47. The molecule has 0 aliphatic heterocycles. The van der Waals surface area contributed by atoms with E-state index < -0.39 is 18.4 Å². The van der Waals surface area contributed by atoms with Crippen molar-refractivity contribution in [1.29, 1.82) is 5.26 Å². The van der Waals surface area contributed by atoms with Crippen LogP contribution in [0.1, 0.15) is 19.2 Å². The zero-order chi connectivity index (χ0) is 18.4. The number of para-hydroxylation sites is 1. The smallest absolute Gasteiger partial charge is 0.306 e. The quantitative estimate of drug-likeness (QED) is 0.449. The van der Waals surface area contributed by atoms with Gasteiger partial charge in [-0.15, -0.1) is 0 Å². The number of nitriles is 1. The predicted octanol–water partition coefficient (Wildman–Crippen LogP) is 0.724. The molecule has 0 aliphatic carbocycles. The highest BCUT2D eigenvalue weighted by Crippen LogP contribution is 2.07. The summed E-state index contributed by atoms with van der Waals surface area (Å²) in [6.07, 6.45) is 0.0890. The number of aromatic nitrogens is 2. The van der Waals surface area contributed by atoms with Crippen molar-refractivity contribution in [2.45, 2.75) is 19.8 Å². The summed E-state index contributed by atoms with van der Waals surface area (Å²) in [5, 5.41) is 9.27. The fourth-order valence-electron chi connectivity index (χ4n) is 2.13. The summed E-state index contributed by atoms with van der Waals surface area (Å²) in [5.41, 5.74) is 5.49. The Morgan fingerprint density at radius 2 is 2.08 bits per heavy atom. The van der Waals surface area contributed by atoms with Crippen LogP contribution in [0.3, 0.4) is 0 Å². The van der Waals surface area contributed by atoms with Crippen molar-refractivity contribution in [3.63, 3.8) is 0 Å². The van der Waals surface area contributed by atoms with Crippen LogP contribution in [0, 0.1) is 11.3 Å². The fourth-order valence-corrected chi connectivity index (χ4v) is 2.13. The van der Waals surface area contributed by atoms with Crippen LogP contribution in [0.25, 0.3) is 10.9 Å². The minimum Gasteiger partial charge on any atom is -0.457 e. The van der Waals surface area contributed by atoms with Gasteiger partial charge in [0.15, 0.2) is 6.61 Å². The summed E-state index contributed by atoms with van der Waals surface area (Å²) in [7, 11) is 0. The normalized spacial score (nSPS) is 11.5. The Morgan fingerprint density at radius 3 is 2.76 bits per heavy atom. The van der Waals surface area contributed by atoms with Gasteiger partial charge in [0.1, 0.15) is 17.5 Å². The van der Waals surface area contributed by atoms with Gasteiger partial charge in [0.25, 0.3) is 5.56 Å². The number of carbonyl (C=O) groups excluding carboxylic acids is 2. The molecule has 2 rings (SSSR count). The number of aromatic amines is 1. The number of rotatable bonds is 6. The SMILES string of the molecule is CC(N)=C(C#N)C(=O)COC(=O)CCc1nc2ccccc2c(=O)[nH]1. The van der Waals surface area contributed by atoms with Gasteiger partial charge < -0.3 is 15.5 Å². The van der Waals surface area contributed by atoms with E-state index in [4.69, 9.17) is 15.7 Å². The summed E-state index contributed by atoms with van der Waals surface area (Å²) in [6, 6.07) is 8.53. The highest BCUT2D eigenvalue weighted by Gasteiger charge is 2.14. The van der Waals surface area contributed by atoms with E-state index in [0.29, 0.717) is 16.7 Å². The molecule has 1 aromatic carbocycles. The number of nitrogens with two attached hydrogens (primary N) is 1. The van der Waals surface area contributed by atoms with Gasteiger partial charge in [-0.3, -0.25) is 14.4 Å². The molecule has 128 valence electrons. The number of Topliss-reactive ketones (excluding diaryl/α,β-unsaturated/α-hetero) is 1. The number of nitrogens with zero attached hydrogens (tertiary/aromatic N) is 2. The number of ether oxygens (including phenoxy) is 1. The molecule has 8 heteroatoms. The molecule has 8 nitrogen and oxygen atoms in total. The van der Waals surface area contributed by atoms with Crippen LogP contribution in [0.2, 0.25) is 0 Å². The minimum atomic E-state index is -0.659. The van der Waals surface area contributed by atoms with Crippen molar-refractivity contribution in [1.82, 2.24) is 9.97 Å². The van der Waals surface area contributed by atoms with Gasteiger partial charge >= 0.3 is 5.97 Å². The first-order valence-corrected chi connectivity index (χ1v) is 7.45. The first-order valence-electron chi connectivity index (χ1n) is 7.45. The topological polar surface area (TPSA) is 139 Å². The average Bonchev–Trinajstić information content (AvgIpc) is 2.58. The van der Waals surface area contributed by atoms with Gasteiger partial charge in [-0.2, -0.15) is 5.26 Å². The van der Waals surface area contributed by atoms with Crippen molar-refractivity contribution < 1.29 is 14.3 Å². The van der Waals surface area contributed by atoms with Gasteiger partial charge in [0.05, 0.1) is 17.3 Å². The van der Waals surface area contributed by atoms with Crippen molar-refractivity contribution >= 4 is 22.7 Å². The number of carbonyl (C=O) groups is 2. The second-order valence-electron chi connectivity index (χ2n) is 5.28. The van der Waals surface area contributed by atoms with E-state index in [9.17, 15) is 14.4 Å². The van der Waals surface area contributed by atoms with Gasteiger partial charge in [0, 0.05) is 12.1 Å². The summed E-state index contributed by atoms with van der Waals surface area (Å²) in [6.45, 7) is 0.859. The molecule has 0 fully saturated rings. The second-order valence-corrected chi connectivity index (χ2v) is 5.28. The lowest BCUT2D eigenvalue weighted by Gasteiger charge is -2.05. The van der Waals surface area contributed by atoms with Crippen molar-refractivity contribution in [3.05, 3.63) is 51.7 Å². The molecule has 0 aliphatic rings. The third-order valence-corrected chi connectivity index (χ3v) is 3.38. The van der Waals surface area contributed by atoms with Gasteiger partial charge in [-0.25, -0.2) is 4.98 Å². The van der Waals surface area contributed by atoms with E-state index in [0.717, 1.165) is 0 Å². The number of hydrogen-bond acceptors (Lipinski definition) is 7. The predicted molar refractivity (Wildman–Crippen MR) is 89.2 cm³/mol. The van der Waals surface area contributed by atoms with E-state index in [-0.39, 0.29) is 29.7 Å². The number of aryl methyl sites for hydroxylation is 1. The summed E-state index contributed by atoms with van der Waals surface area (Å²) in [4.78, 5) is 42.2. The van der Waals surface area contributed by atoms with E-state index >= 15 is 0 Å². The number of ketones is 1. The van der Waals surface area contributed by atoms with Crippen LogP contribution < -0.4 is 11.3 Å². The number of benzene rings is 1. The van der Waals surface area contributed by atoms with Crippen molar-refractivity contribution in [3.8, 4) is 6.07 Å². The van der Waals surface area contributed by atoms with Gasteiger partial charge in [0.2, 0.25) is 5.78 Å². The van der Waals surface area contributed by atoms with E-state index in [1.807, 2.05) is 0 Å². The molecule has 2 aromatic rings. The maximum Gasteiger partial charge on any atom is 0.306 e. The molecule has 0 spiro atoms. The first kappa shape index (κ1) is 17.9. The molecule has 0 radical (unpaired) electrons. The summed E-state index contributed by atoms with van der Waals surface area (Å²) < 4.78 is 4.83. The average molecular weight is 340 g/mol. The highest BCUT2D eigenvalue weighted by atomic mass is 16.5. The number of hydrogen-bond donors (Lipinski definition) is 2. The van der Waals surface area contributed by atoms with Gasteiger partial charge in [-0.1, -0.05) is 12.1 Å². The summed E-state index contributed by atoms with van der Waals surface area (Å²) >= 11 is 0. The molecule has 1 heterocycles. The Kier molecular flexibility index (Phi) is 5.63. The molecule has 25 heavy (non-hydrogen) atoms. The maximum absolute atomic E-state index is 11.9. The molecule has 0 saturated heterocycles. The minimum absolute atomic E-state index is 0.0677. The number of fused-ring (bicyclic) bond motifs is 1. The van der Waals surface area contributed by atoms with Crippen molar-refractivity contribution in [2.75, 3.05) is 6.61 Å². The lowest BCUT2D eigenvalue weighted by atomic mass is 10.1. The lowest BCUT2D eigenvalue weighted by molar-refractivity contribution is -0.147. The maximum atomic E-state index is 11.9. The zero-order valence-corrected chi connectivity index (χ0v) is 13.5. The molecule has 0 amide bonds. The van der Waals surface area contributed by atoms with Crippen LogP contribution in [-0.4, -0.2) is 28.3 Å². The van der Waals surface area contributed by atoms with Crippen LogP contribution in [0.5, 0.6) is 0 Å². The van der Waals surface area contributed by atoms with E-state index in [1.165, 1.54) is 6.92 Å². The Bertz CT molecular complexity index is 949. The van der Waals surface area contributed by atoms with E-state index in [1.54, 1.807) is 30.3 Å². The Balaban J connectivity index is 1.95. The monoisotopic (exact) mass is 340 g/mol. The lowest BCUT2D eigenvalue weighted by Crippen LogP contribution is -2.18. The van der Waals surface area contributed by atoms with Crippen LogP contribution in [0.15, 0.2) is 40.3 Å². The number of esters is 1. The van der Waals surface area contributed by atoms with Crippen LogP contribution in [-0.2, 0) is 20.7 Å². The van der Waals surface area contributed by atoms with Crippen LogP contribution >= 0.6 is 0 Å². The largest absolute Gasteiger partial charge is 0.457 e. The third kappa shape index (κ3) is 4.51. The summed E-state index contributed by atoms with van der Waals surface area (Å²) in [5.74, 6) is -0.952. The molecular weight excluding hydrogens is 324 g/mol. The standard InChI is InChI=1S/C17H16N4O4/c1-10(19)12(8-18)14(22)9-25-16(23)7-6-15-20-13-5-3-2-4-11(13)17(24)21-15/h2-5H,6-7,9,19H2,1H3,(H,20,21,24). The fraction of sp³-hybridized carbons (Fsp3) is 0.235. The molecule has 0 unspecified atom stereocenters. The molecule has 1 aromatic heterocycles.